The lowest BCUT2D eigenvalue weighted by Gasteiger charge is -1.84. The van der Waals surface area contributed by atoms with Crippen LogP contribution in [0.25, 0.3) is 12.8 Å². The Morgan fingerprint density at radius 2 is 1.78 bits per heavy atom. The third-order valence-corrected chi connectivity index (χ3v) is 1.07. The first-order valence-corrected chi connectivity index (χ1v) is 2.63. The minimum Gasteiger partial charge on any atom is -0.877 e. The van der Waals surface area contributed by atoms with Crippen molar-refractivity contribution >= 4 is 12.8 Å². The number of hydrogen-bond acceptors (Lipinski definition) is 1. The van der Waals surface area contributed by atoms with Crippen LogP contribution in [0, 0.1) is 0 Å². The second kappa shape index (κ2) is 2.29. The van der Waals surface area contributed by atoms with Crippen LogP contribution in [0.3, 0.4) is 0 Å². The van der Waals surface area contributed by atoms with Crippen LogP contribution in [0.2, 0.25) is 0 Å². The summed E-state index contributed by atoms with van der Waals surface area (Å²) in [5.74, 6) is 0. The van der Waals surface area contributed by atoms with Crippen molar-refractivity contribution < 1.29 is 5.11 Å². The fourth-order valence-electron chi connectivity index (χ4n) is 0.575. The number of hydrogen-bond donors (Lipinski definition) is 0. The Balaban J connectivity index is 3.34. The van der Waals surface area contributed by atoms with Gasteiger partial charge in [-0.2, -0.15) is 0 Å². The summed E-state index contributed by atoms with van der Waals surface area (Å²) >= 11 is 0. The monoisotopic (exact) mass is 118 g/mol. The summed E-state index contributed by atoms with van der Waals surface area (Å²) in [6, 6.07) is 6.76. The molecule has 0 radical (unpaired) electrons. The molecule has 0 atom stereocenters. The number of rotatable bonds is 0. The van der Waals surface area contributed by atoms with Crippen LogP contribution < -0.4 is 15.5 Å². The first-order chi connectivity index (χ1) is 4.33. The van der Waals surface area contributed by atoms with Crippen molar-refractivity contribution in [2.75, 3.05) is 0 Å². The quantitative estimate of drug-likeness (QED) is 0.404. The molecule has 0 amide bonds. The minimum absolute atomic E-state index is 0.657. The molecule has 1 nitrogen and oxygen atoms in total. The van der Waals surface area contributed by atoms with Crippen LogP contribution in [-0.4, -0.2) is 0 Å². The molecule has 1 aromatic rings. The van der Waals surface area contributed by atoms with E-state index < -0.39 is 0 Å². The SMILES string of the molecule is [CH+]=c1ccc(=C[O-])cc1. The molecule has 44 valence electrons. The molecule has 0 aromatic heterocycles. The topological polar surface area (TPSA) is 23.1 Å². The highest BCUT2D eigenvalue weighted by Crippen LogP contribution is 1.64. The Morgan fingerprint density at radius 1 is 1.22 bits per heavy atom. The van der Waals surface area contributed by atoms with E-state index >= 15 is 0 Å². The minimum atomic E-state index is 0.657. The number of benzene rings is 1. The van der Waals surface area contributed by atoms with Gasteiger partial charge in [0.25, 0.3) is 0 Å². The van der Waals surface area contributed by atoms with Gasteiger partial charge in [0.2, 0.25) is 0 Å². The maximum atomic E-state index is 10.1. The molecule has 0 spiro atoms. The second-order valence-corrected chi connectivity index (χ2v) is 1.78. The molecule has 0 saturated heterocycles. The predicted octanol–water partition coefficient (Wildman–Crippen LogP) is -0.928. The molecule has 0 aliphatic carbocycles. The van der Waals surface area contributed by atoms with Gasteiger partial charge in [0.1, 0.15) is 0 Å². The maximum Gasteiger partial charge on any atom is 0.180 e. The predicted molar refractivity (Wildman–Crippen MR) is 34.6 cm³/mol. The fourth-order valence-corrected chi connectivity index (χ4v) is 0.575. The van der Waals surface area contributed by atoms with Crippen molar-refractivity contribution in [2.45, 2.75) is 0 Å². The van der Waals surface area contributed by atoms with Crippen LogP contribution in [0.15, 0.2) is 24.3 Å². The van der Waals surface area contributed by atoms with E-state index in [0.717, 1.165) is 6.26 Å². The lowest BCUT2D eigenvalue weighted by Crippen LogP contribution is -2.08. The summed E-state index contributed by atoms with van der Waals surface area (Å²) in [4.78, 5) is 0. The molecule has 0 heterocycles. The smallest absolute Gasteiger partial charge is 0.180 e. The highest BCUT2D eigenvalue weighted by Gasteiger charge is 1.80. The molecule has 1 aromatic carbocycles. The van der Waals surface area contributed by atoms with Crippen molar-refractivity contribution in [2.24, 2.45) is 0 Å². The van der Waals surface area contributed by atoms with Crippen molar-refractivity contribution in [3.8, 4) is 0 Å². The Hall–Kier alpha value is -1.33. The van der Waals surface area contributed by atoms with E-state index in [0.29, 0.717) is 10.4 Å². The zero-order valence-electron chi connectivity index (χ0n) is 4.87. The zero-order valence-corrected chi connectivity index (χ0v) is 4.87. The zero-order chi connectivity index (χ0) is 6.69. The summed E-state index contributed by atoms with van der Waals surface area (Å²) < 4.78 is 0. The third-order valence-electron chi connectivity index (χ3n) is 1.07. The molecule has 0 unspecified atom stereocenters. The van der Waals surface area contributed by atoms with Crippen LogP contribution >= 0.6 is 0 Å². The fraction of sp³-hybridized carbons (Fsp3) is 0. The molecule has 0 fully saturated rings. The van der Waals surface area contributed by atoms with E-state index in [9.17, 15) is 5.11 Å². The van der Waals surface area contributed by atoms with Crippen LogP contribution in [-0.2, 0) is 0 Å². The Bertz CT molecular complexity index is 264. The first-order valence-electron chi connectivity index (χ1n) is 2.63. The van der Waals surface area contributed by atoms with Gasteiger partial charge in [-0.15, -0.1) is 6.26 Å². The van der Waals surface area contributed by atoms with Crippen molar-refractivity contribution in [3.63, 3.8) is 0 Å². The average Bonchev–Trinajstić information content (AvgIpc) is 1.90. The van der Waals surface area contributed by atoms with Gasteiger partial charge >= 0.3 is 0 Å². The van der Waals surface area contributed by atoms with Gasteiger partial charge in [-0.25, -0.2) is 0 Å². The summed E-state index contributed by atoms with van der Waals surface area (Å²) in [6.07, 6.45) is 0.791. The third kappa shape index (κ3) is 1.28. The van der Waals surface area contributed by atoms with Gasteiger partial charge in [0.15, 0.2) is 5.22 Å². The van der Waals surface area contributed by atoms with Crippen LogP contribution in [0.4, 0.5) is 0 Å². The van der Waals surface area contributed by atoms with Crippen molar-refractivity contribution in [1.82, 2.24) is 0 Å². The normalized spacial score (nSPS) is 8.78. The van der Waals surface area contributed by atoms with Crippen molar-refractivity contribution in [3.05, 3.63) is 34.7 Å². The van der Waals surface area contributed by atoms with Crippen LogP contribution in [0.5, 0.6) is 0 Å². The van der Waals surface area contributed by atoms with Gasteiger partial charge in [0, 0.05) is 18.7 Å². The molecular weight excluding hydrogens is 112 g/mol. The van der Waals surface area contributed by atoms with Crippen molar-refractivity contribution in [1.29, 1.82) is 0 Å². The van der Waals surface area contributed by atoms with E-state index in [2.05, 4.69) is 0 Å². The van der Waals surface area contributed by atoms with Gasteiger partial charge < -0.3 is 5.11 Å². The van der Waals surface area contributed by atoms with Gasteiger partial charge in [-0.05, 0) is 5.22 Å². The highest BCUT2D eigenvalue weighted by molar-refractivity contribution is 5.16. The van der Waals surface area contributed by atoms with E-state index in [-0.39, 0.29) is 0 Å². The molecule has 0 bridgehead atoms. The first kappa shape index (κ1) is 5.80. The molecular formula is C8H6O. The summed E-state index contributed by atoms with van der Waals surface area (Å²) in [7, 11) is 0. The summed E-state index contributed by atoms with van der Waals surface area (Å²) in [5.41, 5.74) is 0. The summed E-state index contributed by atoms with van der Waals surface area (Å²) in [6.45, 7) is 5.37. The Morgan fingerprint density at radius 3 is 2.22 bits per heavy atom. The molecule has 0 saturated carbocycles. The lowest BCUT2D eigenvalue weighted by atomic mass is 10.3. The van der Waals surface area contributed by atoms with Crippen LogP contribution in [0.1, 0.15) is 0 Å². The van der Waals surface area contributed by atoms with E-state index in [1.807, 2.05) is 0 Å². The summed E-state index contributed by atoms with van der Waals surface area (Å²) in [5, 5.41) is 11.4. The second-order valence-electron chi connectivity index (χ2n) is 1.78. The molecule has 1 heteroatoms. The molecule has 0 N–H and O–H groups in total. The van der Waals surface area contributed by atoms with E-state index in [4.69, 9.17) is 6.58 Å². The van der Waals surface area contributed by atoms with Gasteiger partial charge in [-0.1, -0.05) is 0 Å². The van der Waals surface area contributed by atoms with E-state index in [1.54, 1.807) is 24.3 Å². The molecule has 1 rings (SSSR count). The van der Waals surface area contributed by atoms with Gasteiger partial charge in [-0.3, -0.25) is 0 Å². The largest absolute Gasteiger partial charge is 0.877 e. The average molecular weight is 118 g/mol. The Labute approximate surface area is 53.6 Å². The Kier molecular flexibility index (Phi) is 1.48. The standard InChI is InChI=1S/C8H6O/c1-7-2-4-8(6-9)5-3-7/h1-6H. The van der Waals surface area contributed by atoms with E-state index in [1.165, 1.54) is 0 Å². The maximum absolute atomic E-state index is 10.1. The highest BCUT2D eigenvalue weighted by atomic mass is 16.2. The lowest BCUT2D eigenvalue weighted by molar-refractivity contribution is -0.229. The molecule has 0 aliphatic heterocycles. The molecule has 9 heavy (non-hydrogen) atoms. The van der Waals surface area contributed by atoms with Gasteiger partial charge in [0.05, 0.1) is 12.1 Å². The molecule has 0 aliphatic rings.